The number of hydrogen-bond donors (Lipinski definition) is 1. The summed E-state index contributed by atoms with van der Waals surface area (Å²) in [4.78, 5) is 24.4. The predicted octanol–water partition coefficient (Wildman–Crippen LogP) is 0.908. The second kappa shape index (κ2) is 3.89. The molecule has 1 unspecified atom stereocenters. The van der Waals surface area contributed by atoms with Gasteiger partial charge in [-0.15, -0.1) is 0 Å². The number of amides is 2. The van der Waals surface area contributed by atoms with Crippen LogP contribution in [0.1, 0.15) is 27.6 Å². The second-order valence-electron chi connectivity index (χ2n) is 4.01. The van der Waals surface area contributed by atoms with Crippen molar-refractivity contribution in [1.82, 2.24) is 4.90 Å². The van der Waals surface area contributed by atoms with Gasteiger partial charge in [0.25, 0.3) is 11.8 Å². The highest BCUT2D eigenvalue weighted by atomic mass is 19.2. The van der Waals surface area contributed by atoms with Gasteiger partial charge < -0.3 is 5.73 Å². The molecule has 0 saturated heterocycles. The first-order valence-electron chi connectivity index (χ1n) is 5.02. The van der Waals surface area contributed by atoms with Crippen molar-refractivity contribution in [3.63, 3.8) is 0 Å². The van der Waals surface area contributed by atoms with E-state index >= 15 is 0 Å². The van der Waals surface area contributed by atoms with Crippen LogP contribution in [0.4, 0.5) is 8.78 Å². The summed E-state index contributed by atoms with van der Waals surface area (Å²) >= 11 is 0. The smallest absolute Gasteiger partial charge is 0.261 e. The molecule has 0 fully saturated rings. The van der Waals surface area contributed by atoms with Crippen LogP contribution in [-0.4, -0.2) is 29.3 Å². The van der Waals surface area contributed by atoms with E-state index in [0.717, 1.165) is 17.0 Å². The second-order valence-corrected chi connectivity index (χ2v) is 4.01. The summed E-state index contributed by atoms with van der Waals surface area (Å²) in [5.74, 6) is -3.57. The molecule has 0 radical (unpaired) electrons. The van der Waals surface area contributed by atoms with Crippen molar-refractivity contribution in [3.05, 3.63) is 34.9 Å². The Balaban J connectivity index is 2.46. The van der Waals surface area contributed by atoms with E-state index in [1.807, 2.05) is 0 Å². The Kier molecular flexibility index (Phi) is 2.66. The van der Waals surface area contributed by atoms with Crippen molar-refractivity contribution in [2.75, 3.05) is 6.54 Å². The van der Waals surface area contributed by atoms with E-state index < -0.39 is 29.5 Å². The van der Waals surface area contributed by atoms with E-state index in [1.54, 1.807) is 6.92 Å². The minimum Gasteiger partial charge on any atom is -0.326 e. The Labute approximate surface area is 96.0 Å². The first-order chi connectivity index (χ1) is 7.91. The van der Waals surface area contributed by atoms with Gasteiger partial charge in [-0.3, -0.25) is 14.5 Å². The van der Waals surface area contributed by atoms with Crippen LogP contribution in [0.2, 0.25) is 0 Å². The van der Waals surface area contributed by atoms with Gasteiger partial charge in [0.2, 0.25) is 0 Å². The lowest BCUT2D eigenvalue weighted by atomic mass is 10.1. The third kappa shape index (κ3) is 1.80. The van der Waals surface area contributed by atoms with Gasteiger partial charge in [0.15, 0.2) is 11.6 Å². The Hall–Kier alpha value is -1.82. The summed E-state index contributed by atoms with van der Waals surface area (Å²) in [6.07, 6.45) is 0. The van der Waals surface area contributed by atoms with Crippen molar-refractivity contribution in [1.29, 1.82) is 0 Å². The van der Waals surface area contributed by atoms with E-state index in [2.05, 4.69) is 0 Å². The number of fused-ring (bicyclic) bond motifs is 1. The molecule has 1 aliphatic rings. The fourth-order valence-corrected chi connectivity index (χ4v) is 1.74. The molecule has 1 aromatic rings. The number of carbonyl (C=O) groups excluding carboxylic acids is 2. The fourth-order valence-electron chi connectivity index (χ4n) is 1.74. The third-order valence-corrected chi connectivity index (χ3v) is 2.48. The molecule has 2 amide bonds. The van der Waals surface area contributed by atoms with Crippen LogP contribution in [0.25, 0.3) is 0 Å². The monoisotopic (exact) mass is 240 g/mol. The first kappa shape index (κ1) is 11.7. The van der Waals surface area contributed by atoms with Crippen LogP contribution < -0.4 is 5.73 Å². The number of carbonyl (C=O) groups is 2. The number of hydrogen-bond acceptors (Lipinski definition) is 3. The average molecular weight is 240 g/mol. The Bertz CT molecular complexity index is 473. The Morgan fingerprint density at radius 3 is 1.94 bits per heavy atom. The molecule has 90 valence electrons. The Morgan fingerprint density at radius 1 is 1.18 bits per heavy atom. The summed E-state index contributed by atoms with van der Waals surface area (Å²) in [6.45, 7) is 1.65. The molecule has 0 spiro atoms. The van der Waals surface area contributed by atoms with E-state index in [4.69, 9.17) is 5.73 Å². The average Bonchev–Trinajstić information content (AvgIpc) is 2.45. The molecule has 0 saturated carbocycles. The molecule has 2 rings (SSSR count). The van der Waals surface area contributed by atoms with Gasteiger partial charge in [-0.25, -0.2) is 8.78 Å². The van der Waals surface area contributed by atoms with Crippen LogP contribution in [0, 0.1) is 11.6 Å². The minimum absolute atomic E-state index is 0.0234. The standard InChI is InChI=1S/C11H10F2N2O2/c1-5(14)4-15-10(16)6-2-8(12)9(13)3-7(6)11(15)17/h2-3,5H,4,14H2,1H3. The van der Waals surface area contributed by atoms with Gasteiger partial charge >= 0.3 is 0 Å². The van der Waals surface area contributed by atoms with E-state index in [1.165, 1.54) is 0 Å². The molecule has 1 atom stereocenters. The van der Waals surface area contributed by atoms with Crippen molar-refractivity contribution in [3.8, 4) is 0 Å². The van der Waals surface area contributed by atoms with Gasteiger partial charge in [-0.2, -0.15) is 0 Å². The number of benzene rings is 1. The van der Waals surface area contributed by atoms with Crippen LogP contribution in [0.15, 0.2) is 12.1 Å². The minimum atomic E-state index is -1.15. The van der Waals surface area contributed by atoms with E-state index in [9.17, 15) is 18.4 Å². The van der Waals surface area contributed by atoms with Gasteiger partial charge in [-0.1, -0.05) is 0 Å². The molecule has 0 aromatic heterocycles. The topological polar surface area (TPSA) is 63.4 Å². The van der Waals surface area contributed by atoms with E-state index in [0.29, 0.717) is 0 Å². The highest BCUT2D eigenvalue weighted by Gasteiger charge is 2.36. The summed E-state index contributed by atoms with van der Waals surface area (Å²) in [5.41, 5.74) is 5.26. The van der Waals surface area contributed by atoms with Crippen LogP contribution in [0.3, 0.4) is 0 Å². The molecule has 2 N–H and O–H groups in total. The normalized spacial score (nSPS) is 16.4. The quantitative estimate of drug-likeness (QED) is 0.781. The lowest BCUT2D eigenvalue weighted by Gasteiger charge is -2.15. The molecule has 17 heavy (non-hydrogen) atoms. The van der Waals surface area contributed by atoms with Gasteiger partial charge in [0.05, 0.1) is 11.1 Å². The molecule has 4 nitrogen and oxygen atoms in total. The van der Waals surface area contributed by atoms with Crippen molar-refractivity contribution < 1.29 is 18.4 Å². The third-order valence-electron chi connectivity index (χ3n) is 2.48. The maximum atomic E-state index is 13.0. The molecular weight excluding hydrogens is 230 g/mol. The van der Waals surface area contributed by atoms with Crippen molar-refractivity contribution in [2.45, 2.75) is 13.0 Å². The molecule has 0 aliphatic carbocycles. The van der Waals surface area contributed by atoms with Crippen LogP contribution >= 0.6 is 0 Å². The van der Waals surface area contributed by atoms with Gasteiger partial charge in [0, 0.05) is 12.6 Å². The summed E-state index contributed by atoms with van der Waals surface area (Å²) < 4.78 is 26.0. The Morgan fingerprint density at radius 2 is 1.59 bits per heavy atom. The fraction of sp³-hybridized carbons (Fsp3) is 0.273. The van der Waals surface area contributed by atoms with Crippen molar-refractivity contribution in [2.24, 2.45) is 5.73 Å². The maximum absolute atomic E-state index is 13.0. The summed E-state index contributed by atoms with van der Waals surface area (Å²) in [7, 11) is 0. The lowest BCUT2D eigenvalue weighted by Crippen LogP contribution is -2.39. The SMILES string of the molecule is CC(N)CN1C(=O)c2cc(F)c(F)cc2C1=O. The predicted molar refractivity (Wildman–Crippen MR) is 55.4 cm³/mol. The zero-order valence-corrected chi connectivity index (χ0v) is 9.04. The number of nitrogens with zero attached hydrogens (tertiary/aromatic N) is 1. The number of halogens is 2. The van der Waals surface area contributed by atoms with Gasteiger partial charge in [0.1, 0.15) is 0 Å². The first-order valence-corrected chi connectivity index (χ1v) is 5.02. The maximum Gasteiger partial charge on any atom is 0.261 e. The van der Waals surface area contributed by atoms with Crippen LogP contribution in [-0.2, 0) is 0 Å². The molecule has 6 heteroatoms. The molecule has 1 aromatic carbocycles. The zero-order valence-electron chi connectivity index (χ0n) is 9.04. The molecule has 1 aliphatic heterocycles. The number of rotatable bonds is 2. The summed E-state index contributed by atoms with van der Waals surface area (Å²) in [5, 5.41) is 0. The molecular formula is C11H10F2N2O2. The largest absolute Gasteiger partial charge is 0.326 e. The lowest BCUT2D eigenvalue weighted by molar-refractivity contribution is 0.0647. The number of imide groups is 1. The summed E-state index contributed by atoms with van der Waals surface area (Å²) in [6, 6.07) is 1.09. The van der Waals surface area contributed by atoms with E-state index in [-0.39, 0.29) is 17.7 Å². The number of nitrogens with two attached hydrogens (primary N) is 1. The highest BCUT2D eigenvalue weighted by Crippen LogP contribution is 2.25. The van der Waals surface area contributed by atoms with Crippen LogP contribution in [0.5, 0.6) is 0 Å². The molecule has 1 heterocycles. The zero-order chi connectivity index (χ0) is 12.7. The highest BCUT2D eigenvalue weighted by molar-refractivity contribution is 6.21. The van der Waals surface area contributed by atoms with Gasteiger partial charge in [-0.05, 0) is 19.1 Å². The van der Waals surface area contributed by atoms with Crippen molar-refractivity contribution >= 4 is 11.8 Å². The molecule has 0 bridgehead atoms.